The lowest BCUT2D eigenvalue weighted by atomic mass is 10.0. The van der Waals surface area contributed by atoms with Gasteiger partial charge in [0, 0.05) is 23.2 Å². The molecule has 11 heteroatoms. The molecule has 2 aromatic carbocycles. The zero-order chi connectivity index (χ0) is 26.4. The van der Waals surface area contributed by atoms with E-state index in [1.54, 1.807) is 20.1 Å². The van der Waals surface area contributed by atoms with Gasteiger partial charge in [-0.25, -0.2) is 9.97 Å². The van der Waals surface area contributed by atoms with Crippen molar-refractivity contribution in [1.29, 1.82) is 0 Å². The van der Waals surface area contributed by atoms with Crippen LogP contribution in [-0.2, 0) is 0 Å². The van der Waals surface area contributed by atoms with Crippen LogP contribution in [-0.4, -0.2) is 63.4 Å². The Hall–Kier alpha value is -3.27. The highest BCUT2D eigenvalue weighted by Crippen LogP contribution is 2.33. The van der Waals surface area contributed by atoms with Crippen molar-refractivity contribution >= 4 is 40.2 Å². The second-order valence-corrected chi connectivity index (χ2v) is 9.44. The van der Waals surface area contributed by atoms with Crippen molar-refractivity contribution in [3.8, 4) is 22.8 Å². The highest BCUT2D eigenvalue weighted by molar-refractivity contribution is 6.33. The molecule has 9 nitrogen and oxygen atoms in total. The Morgan fingerprint density at radius 2 is 1.76 bits per heavy atom. The van der Waals surface area contributed by atoms with Gasteiger partial charge in [-0.2, -0.15) is 4.98 Å². The molecule has 0 radical (unpaired) electrons. The standard InChI is InChI=1S/C15H13ClN4O.C11H16ClN3O/c1-8-5-9(6-13-14(8)18-15(17)20-19-13)11-7-10(21-2)3-4-12(11)16;1-9-13-10(12)8-11(14-9)16-7-6-15-4-2-3-5-15/h3-7H,1-2H3,(H2,17,18,20);8H,2-7H2,1H3. The van der Waals surface area contributed by atoms with E-state index in [2.05, 4.69) is 30.0 Å². The molecule has 3 heterocycles. The number of hydrogen-bond donors (Lipinski definition) is 1. The molecule has 0 saturated carbocycles. The average Bonchev–Trinajstić information content (AvgIpc) is 3.38. The number of methoxy groups -OCH3 is 1. The van der Waals surface area contributed by atoms with E-state index < -0.39 is 0 Å². The van der Waals surface area contributed by atoms with Crippen LogP contribution >= 0.6 is 23.2 Å². The molecular formula is C26H29Cl2N7O2. The molecule has 0 spiro atoms. The Labute approximate surface area is 226 Å². The van der Waals surface area contributed by atoms with Crippen molar-refractivity contribution in [3.05, 3.63) is 58.0 Å². The number of nitrogens with zero attached hydrogens (tertiary/aromatic N) is 6. The van der Waals surface area contributed by atoms with Crippen LogP contribution in [0.25, 0.3) is 22.2 Å². The van der Waals surface area contributed by atoms with E-state index >= 15 is 0 Å². The number of rotatable bonds is 6. The van der Waals surface area contributed by atoms with Crippen LogP contribution in [0.5, 0.6) is 11.6 Å². The highest BCUT2D eigenvalue weighted by atomic mass is 35.5. The molecule has 2 aromatic heterocycles. The van der Waals surface area contributed by atoms with Gasteiger partial charge in [-0.3, -0.25) is 4.90 Å². The van der Waals surface area contributed by atoms with Gasteiger partial charge < -0.3 is 15.2 Å². The van der Waals surface area contributed by atoms with Crippen LogP contribution in [0.1, 0.15) is 24.2 Å². The number of nitrogens with two attached hydrogens (primary N) is 1. The third-order valence-electron chi connectivity index (χ3n) is 5.89. The van der Waals surface area contributed by atoms with Crippen molar-refractivity contribution < 1.29 is 9.47 Å². The second kappa shape index (κ2) is 12.3. The molecular weight excluding hydrogens is 513 g/mol. The normalized spacial score (nSPS) is 13.3. The van der Waals surface area contributed by atoms with Gasteiger partial charge in [0.25, 0.3) is 0 Å². The molecule has 194 valence electrons. The Bertz CT molecular complexity index is 1360. The van der Waals surface area contributed by atoms with Gasteiger partial charge in [-0.15, -0.1) is 10.2 Å². The predicted octanol–water partition coefficient (Wildman–Crippen LogP) is 5.16. The Balaban J connectivity index is 0.000000180. The molecule has 0 bridgehead atoms. The molecule has 1 aliphatic rings. The highest BCUT2D eigenvalue weighted by Gasteiger charge is 2.12. The smallest absolute Gasteiger partial charge is 0.240 e. The van der Waals surface area contributed by atoms with Crippen LogP contribution in [0.4, 0.5) is 5.95 Å². The van der Waals surface area contributed by atoms with Gasteiger partial charge in [-0.05, 0) is 81.2 Å². The summed E-state index contributed by atoms with van der Waals surface area (Å²) in [6, 6.07) is 11.1. The molecule has 0 amide bonds. The number of hydrogen-bond acceptors (Lipinski definition) is 9. The number of aromatic nitrogens is 5. The average molecular weight is 542 g/mol. The quantitative estimate of drug-likeness (QED) is 0.330. The molecule has 37 heavy (non-hydrogen) atoms. The van der Waals surface area contributed by atoms with Gasteiger partial charge in [0.1, 0.15) is 28.9 Å². The van der Waals surface area contributed by atoms with Crippen LogP contribution in [0.15, 0.2) is 36.4 Å². The van der Waals surface area contributed by atoms with Crippen molar-refractivity contribution in [2.24, 2.45) is 0 Å². The number of anilines is 1. The molecule has 4 aromatic rings. The number of ether oxygens (including phenoxy) is 2. The van der Waals surface area contributed by atoms with E-state index in [9.17, 15) is 0 Å². The summed E-state index contributed by atoms with van der Waals surface area (Å²) in [6.07, 6.45) is 2.61. The third kappa shape index (κ3) is 7.15. The summed E-state index contributed by atoms with van der Waals surface area (Å²) >= 11 is 12.1. The maximum absolute atomic E-state index is 6.29. The van der Waals surface area contributed by atoms with Crippen LogP contribution in [0.2, 0.25) is 10.2 Å². The van der Waals surface area contributed by atoms with Crippen LogP contribution < -0.4 is 15.2 Å². The lowest BCUT2D eigenvalue weighted by molar-refractivity contribution is 0.231. The fourth-order valence-electron chi connectivity index (χ4n) is 4.10. The van der Waals surface area contributed by atoms with Crippen LogP contribution in [0.3, 0.4) is 0 Å². The number of likely N-dealkylation sites (tertiary alicyclic amines) is 1. The summed E-state index contributed by atoms with van der Waals surface area (Å²) in [7, 11) is 1.62. The fraction of sp³-hybridized carbons (Fsp3) is 0.346. The lowest BCUT2D eigenvalue weighted by Crippen LogP contribution is -2.25. The molecule has 1 fully saturated rings. The third-order valence-corrected chi connectivity index (χ3v) is 6.41. The van der Waals surface area contributed by atoms with Crippen molar-refractivity contribution in [3.63, 3.8) is 0 Å². The first kappa shape index (κ1) is 26.8. The molecule has 1 aliphatic heterocycles. The van der Waals surface area contributed by atoms with E-state index in [4.69, 9.17) is 38.4 Å². The maximum Gasteiger partial charge on any atom is 0.240 e. The van der Waals surface area contributed by atoms with Gasteiger partial charge in [0.05, 0.1) is 12.6 Å². The second-order valence-electron chi connectivity index (χ2n) is 8.65. The zero-order valence-electron chi connectivity index (χ0n) is 21.0. The molecule has 1 saturated heterocycles. The van der Waals surface area contributed by atoms with Crippen molar-refractivity contribution in [2.45, 2.75) is 26.7 Å². The van der Waals surface area contributed by atoms with E-state index in [-0.39, 0.29) is 5.95 Å². The minimum atomic E-state index is 0.165. The van der Waals surface area contributed by atoms with E-state index in [1.165, 1.54) is 25.9 Å². The monoisotopic (exact) mass is 541 g/mol. The summed E-state index contributed by atoms with van der Waals surface area (Å²) in [4.78, 5) is 14.8. The Morgan fingerprint density at radius 3 is 2.49 bits per heavy atom. The van der Waals surface area contributed by atoms with Gasteiger partial charge in [-0.1, -0.05) is 23.2 Å². The number of benzene rings is 2. The fourth-order valence-corrected chi connectivity index (χ4v) is 4.54. The number of fused-ring (bicyclic) bond motifs is 1. The molecule has 2 N–H and O–H groups in total. The van der Waals surface area contributed by atoms with Crippen LogP contribution in [0, 0.1) is 13.8 Å². The molecule has 0 atom stereocenters. The van der Waals surface area contributed by atoms with Gasteiger partial charge in [0.2, 0.25) is 11.8 Å². The minimum Gasteiger partial charge on any atom is -0.497 e. The molecule has 5 rings (SSSR count). The Kier molecular flexibility index (Phi) is 8.91. The number of halogens is 2. The molecule has 0 aliphatic carbocycles. The number of aryl methyl sites for hydroxylation is 2. The lowest BCUT2D eigenvalue weighted by Gasteiger charge is -2.14. The first-order valence-electron chi connectivity index (χ1n) is 11.9. The number of nitrogen functional groups attached to an aromatic ring is 1. The first-order chi connectivity index (χ1) is 17.8. The molecule has 0 unspecified atom stereocenters. The van der Waals surface area contributed by atoms with Crippen molar-refractivity contribution in [1.82, 2.24) is 30.0 Å². The first-order valence-corrected chi connectivity index (χ1v) is 12.7. The van der Waals surface area contributed by atoms with E-state index in [0.29, 0.717) is 34.0 Å². The SMILES string of the molecule is COc1ccc(Cl)c(-c2cc(C)c3nc(N)nnc3c2)c1.Cc1nc(Cl)cc(OCCN2CCCC2)n1. The Morgan fingerprint density at radius 1 is 0.973 bits per heavy atom. The van der Waals surface area contributed by atoms with E-state index in [1.807, 2.05) is 37.3 Å². The van der Waals surface area contributed by atoms with Gasteiger partial charge >= 0.3 is 0 Å². The van der Waals surface area contributed by atoms with Crippen molar-refractivity contribution in [2.75, 3.05) is 39.1 Å². The topological polar surface area (TPSA) is 112 Å². The zero-order valence-corrected chi connectivity index (χ0v) is 22.6. The summed E-state index contributed by atoms with van der Waals surface area (Å²) in [6.45, 7) is 7.75. The minimum absolute atomic E-state index is 0.165. The summed E-state index contributed by atoms with van der Waals surface area (Å²) < 4.78 is 10.8. The predicted molar refractivity (Wildman–Crippen MR) is 146 cm³/mol. The van der Waals surface area contributed by atoms with E-state index in [0.717, 1.165) is 34.5 Å². The largest absolute Gasteiger partial charge is 0.497 e. The summed E-state index contributed by atoms with van der Waals surface area (Å²) in [5.41, 5.74) is 9.77. The maximum atomic E-state index is 6.29. The summed E-state index contributed by atoms with van der Waals surface area (Å²) in [5.74, 6) is 2.12. The van der Waals surface area contributed by atoms with Gasteiger partial charge in [0.15, 0.2) is 0 Å². The summed E-state index contributed by atoms with van der Waals surface area (Å²) in [5, 5.41) is 8.96.